The van der Waals surface area contributed by atoms with Crippen molar-refractivity contribution in [1.29, 1.82) is 0 Å². The van der Waals surface area contributed by atoms with Gasteiger partial charge in [-0.2, -0.15) is 0 Å². The molecule has 2 N–H and O–H groups in total. The molecular weight excluding hydrogens is 348 g/mol. The molecule has 0 spiro atoms. The quantitative estimate of drug-likeness (QED) is 0.859. The molecule has 1 heterocycles. The van der Waals surface area contributed by atoms with Crippen molar-refractivity contribution in [3.8, 4) is 0 Å². The highest BCUT2D eigenvalue weighted by Crippen LogP contribution is 2.32. The maximum atomic E-state index is 12.8. The van der Waals surface area contributed by atoms with Crippen LogP contribution in [-0.2, 0) is 9.59 Å². The summed E-state index contributed by atoms with van der Waals surface area (Å²) in [7, 11) is 0. The third-order valence-electron chi connectivity index (χ3n) is 6.07. The smallest absolute Gasteiger partial charge is 0.244 e. The molecule has 3 aliphatic rings. The Balaban J connectivity index is 1.32. The van der Waals surface area contributed by atoms with Gasteiger partial charge in [-0.3, -0.25) is 9.59 Å². The number of hydrogen-bond acceptors (Lipinski definition) is 3. The number of hydrogen-bond donors (Lipinski definition) is 1. The minimum atomic E-state index is -0.419. The molecule has 0 aromatic heterocycles. The molecule has 1 saturated heterocycles. The molecule has 1 aromatic rings. The van der Waals surface area contributed by atoms with Gasteiger partial charge in [0.05, 0.1) is 0 Å². The summed E-state index contributed by atoms with van der Waals surface area (Å²) in [5.41, 5.74) is 9.82. The number of Topliss-reactive ketones (excluding diaryl/α,β-unsaturated/α-hetero) is 1. The van der Waals surface area contributed by atoms with E-state index in [0.717, 1.165) is 37.2 Å². The Morgan fingerprint density at radius 1 is 1.04 bits per heavy atom. The molecule has 28 heavy (non-hydrogen) atoms. The predicted octanol–water partition coefficient (Wildman–Crippen LogP) is 3.43. The first kappa shape index (κ1) is 18.6. The first-order valence-electron chi connectivity index (χ1n) is 10.0. The second kappa shape index (κ2) is 8.11. The number of allylic oxidation sites excluding steroid dienone is 6. The van der Waals surface area contributed by atoms with Gasteiger partial charge in [0.2, 0.25) is 5.91 Å². The van der Waals surface area contributed by atoms with Crippen LogP contribution in [0.4, 0.5) is 0 Å². The van der Waals surface area contributed by atoms with E-state index in [1.54, 1.807) is 12.2 Å². The van der Waals surface area contributed by atoms with Crippen LogP contribution in [0.5, 0.6) is 0 Å². The molecule has 2 aliphatic carbocycles. The van der Waals surface area contributed by atoms with Crippen LogP contribution in [0, 0.1) is 0 Å². The number of nitrogens with zero attached hydrogens (tertiary/aromatic N) is 1. The van der Waals surface area contributed by atoms with Crippen molar-refractivity contribution in [2.75, 3.05) is 19.6 Å². The molecule has 0 unspecified atom stereocenters. The van der Waals surface area contributed by atoms with E-state index in [1.165, 1.54) is 18.4 Å². The monoisotopic (exact) mass is 374 g/mol. The van der Waals surface area contributed by atoms with Crippen LogP contribution >= 0.6 is 0 Å². The molecule has 0 saturated carbocycles. The zero-order valence-corrected chi connectivity index (χ0v) is 16.1. The van der Waals surface area contributed by atoms with Crippen LogP contribution in [0.25, 0.3) is 0 Å². The van der Waals surface area contributed by atoms with Crippen molar-refractivity contribution in [3.63, 3.8) is 0 Å². The number of benzene rings is 1. The zero-order chi connectivity index (χ0) is 19.5. The van der Waals surface area contributed by atoms with Gasteiger partial charge in [-0.05, 0) is 49.4 Å². The third-order valence-corrected chi connectivity index (χ3v) is 6.07. The predicted molar refractivity (Wildman–Crippen MR) is 111 cm³/mol. The van der Waals surface area contributed by atoms with Gasteiger partial charge >= 0.3 is 0 Å². The van der Waals surface area contributed by atoms with Crippen LogP contribution in [0.2, 0.25) is 0 Å². The Morgan fingerprint density at radius 2 is 1.79 bits per heavy atom. The topological polar surface area (TPSA) is 63.4 Å². The summed E-state index contributed by atoms with van der Waals surface area (Å²) >= 11 is 0. The van der Waals surface area contributed by atoms with Gasteiger partial charge in [0.15, 0.2) is 5.78 Å². The van der Waals surface area contributed by atoms with Crippen LogP contribution in [0.15, 0.2) is 76.9 Å². The SMILES string of the molecule is NC(=O)C1=CC=C2C(=O)C(CCN3CCC(c4ccccc4)CC3)=CC=C2C1. The van der Waals surface area contributed by atoms with Crippen molar-refractivity contribution in [2.24, 2.45) is 5.73 Å². The Bertz CT molecular complexity index is 898. The number of likely N-dealkylation sites (tertiary alicyclic amines) is 1. The number of nitrogens with two attached hydrogens (primary N) is 1. The van der Waals surface area contributed by atoms with Gasteiger partial charge in [-0.1, -0.05) is 54.6 Å². The van der Waals surface area contributed by atoms with E-state index >= 15 is 0 Å². The zero-order valence-electron chi connectivity index (χ0n) is 16.1. The largest absolute Gasteiger partial charge is 0.366 e. The average molecular weight is 374 g/mol. The van der Waals surface area contributed by atoms with E-state index in [1.807, 2.05) is 12.2 Å². The lowest BCUT2D eigenvalue weighted by Gasteiger charge is -2.32. The van der Waals surface area contributed by atoms with Crippen LogP contribution in [0.3, 0.4) is 0 Å². The molecule has 0 atom stereocenters. The van der Waals surface area contributed by atoms with E-state index in [-0.39, 0.29) is 5.78 Å². The normalized spacial score (nSPS) is 20.6. The van der Waals surface area contributed by atoms with Gasteiger partial charge in [0.25, 0.3) is 0 Å². The number of carbonyl (C=O) groups is 2. The molecule has 1 aliphatic heterocycles. The average Bonchev–Trinajstić information content (AvgIpc) is 2.74. The molecule has 1 amide bonds. The summed E-state index contributed by atoms with van der Waals surface area (Å²) in [6, 6.07) is 10.8. The number of piperidine rings is 1. The van der Waals surface area contributed by atoms with Crippen molar-refractivity contribution >= 4 is 11.7 Å². The molecule has 4 rings (SSSR count). The lowest BCUT2D eigenvalue weighted by molar-refractivity contribution is -0.115. The van der Waals surface area contributed by atoms with Gasteiger partial charge in [-0.15, -0.1) is 0 Å². The molecule has 1 aromatic carbocycles. The third kappa shape index (κ3) is 3.92. The number of primary amides is 1. The molecule has 4 nitrogen and oxygen atoms in total. The number of carbonyl (C=O) groups excluding carboxylic acids is 2. The minimum Gasteiger partial charge on any atom is -0.366 e. The fourth-order valence-electron chi connectivity index (χ4n) is 4.33. The van der Waals surface area contributed by atoms with E-state index in [9.17, 15) is 9.59 Å². The molecule has 0 bridgehead atoms. The highest BCUT2D eigenvalue weighted by Gasteiger charge is 2.26. The fraction of sp³-hybridized carbons (Fsp3) is 0.333. The van der Waals surface area contributed by atoms with Gasteiger partial charge in [0, 0.05) is 29.7 Å². The van der Waals surface area contributed by atoms with E-state index < -0.39 is 5.91 Å². The summed E-state index contributed by atoms with van der Waals surface area (Å²) in [5, 5.41) is 0. The van der Waals surface area contributed by atoms with E-state index in [0.29, 0.717) is 23.5 Å². The second-order valence-corrected chi connectivity index (χ2v) is 7.80. The van der Waals surface area contributed by atoms with Crippen molar-refractivity contribution in [2.45, 2.75) is 31.6 Å². The maximum Gasteiger partial charge on any atom is 0.244 e. The Labute approximate surface area is 166 Å². The van der Waals surface area contributed by atoms with Crippen molar-refractivity contribution in [1.82, 2.24) is 4.90 Å². The molecule has 1 fully saturated rings. The maximum absolute atomic E-state index is 12.8. The first-order valence-corrected chi connectivity index (χ1v) is 10.0. The Morgan fingerprint density at radius 3 is 2.50 bits per heavy atom. The lowest BCUT2D eigenvalue weighted by Crippen LogP contribution is -2.34. The number of ketones is 1. The number of amides is 1. The van der Waals surface area contributed by atoms with Gasteiger partial charge in [-0.25, -0.2) is 0 Å². The number of fused-ring (bicyclic) bond motifs is 1. The summed E-state index contributed by atoms with van der Waals surface area (Å²) in [5.74, 6) is 0.325. The summed E-state index contributed by atoms with van der Waals surface area (Å²) in [4.78, 5) is 26.6. The highest BCUT2D eigenvalue weighted by molar-refractivity contribution is 6.13. The lowest BCUT2D eigenvalue weighted by atomic mass is 9.83. The van der Waals surface area contributed by atoms with Crippen molar-refractivity contribution < 1.29 is 9.59 Å². The molecule has 144 valence electrons. The van der Waals surface area contributed by atoms with Crippen LogP contribution < -0.4 is 5.73 Å². The second-order valence-electron chi connectivity index (χ2n) is 7.80. The van der Waals surface area contributed by atoms with E-state index in [4.69, 9.17) is 5.73 Å². The summed E-state index contributed by atoms with van der Waals surface area (Å²) < 4.78 is 0. The van der Waals surface area contributed by atoms with Gasteiger partial charge in [0.1, 0.15) is 0 Å². The molecular formula is C24H26N2O2. The molecule has 0 radical (unpaired) electrons. The number of rotatable bonds is 5. The van der Waals surface area contributed by atoms with Crippen LogP contribution in [-0.4, -0.2) is 36.2 Å². The Kier molecular flexibility index (Phi) is 5.40. The summed E-state index contributed by atoms with van der Waals surface area (Å²) in [6.07, 6.45) is 10.9. The highest BCUT2D eigenvalue weighted by atomic mass is 16.1. The standard InChI is InChI=1S/C24H26N2O2/c25-24(28)21-8-9-22-20(16-21)7-6-19(23(22)27)12-15-26-13-10-18(11-14-26)17-4-2-1-3-5-17/h1-9,18H,10-16H2,(H2,25,28). The first-order chi connectivity index (χ1) is 13.6. The van der Waals surface area contributed by atoms with Crippen LogP contribution in [0.1, 0.15) is 37.2 Å². The Hall–Kier alpha value is -2.72. The minimum absolute atomic E-state index is 0.0939. The fourth-order valence-corrected chi connectivity index (χ4v) is 4.33. The van der Waals surface area contributed by atoms with Crippen molar-refractivity contribution in [3.05, 3.63) is 82.5 Å². The van der Waals surface area contributed by atoms with E-state index in [2.05, 4.69) is 35.2 Å². The van der Waals surface area contributed by atoms with Gasteiger partial charge < -0.3 is 10.6 Å². The summed E-state index contributed by atoms with van der Waals surface area (Å²) in [6.45, 7) is 3.07. The molecule has 4 heteroatoms.